The highest BCUT2D eigenvalue weighted by atomic mass is 79.9. The van der Waals surface area contributed by atoms with Crippen molar-refractivity contribution < 1.29 is 0 Å². The molecule has 0 aromatic heterocycles. The minimum atomic E-state index is 0.0233. The van der Waals surface area contributed by atoms with Gasteiger partial charge in [0.2, 0.25) is 0 Å². The zero-order valence-corrected chi connectivity index (χ0v) is 34.5. The van der Waals surface area contributed by atoms with Crippen molar-refractivity contribution in [1.29, 1.82) is 0 Å². The molecule has 280 valence electrons. The third-order valence-corrected chi connectivity index (χ3v) is 12.1. The molecule has 0 spiro atoms. The van der Waals surface area contributed by atoms with Crippen LogP contribution >= 0.6 is 15.9 Å². The minimum absolute atomic E-state index is 0.0233. The second-order valence-corrected chi connectivity index (χ2v) is 16.6. The number of nitrogens with two attached hydrogens (primary N) is 1. The first-order chi connectivity index (χ1) is 27.6. The number of benzene rings is 8. The predicted molar refractivity (Wildman–Crippen MR) is 247 cm³/mol. The van der Waals surface area contributed by atoms with E-state index in [0.29, 0.717) is 0 Å². The van der Waals surface area contributed by atoms with Crippen molar-refractivity contribution in [3.8, 4) is 44.5 Å². The minimum Gasteiger partial charge on any atom is -0.399 e. The lowest BCUT2D eigenvalue weighted by molar-refractivity contribution is 0.660. The average Bonchev–Trinajstić information content (AvgIpc) is 3.63. The van der Waals surface area contributed by atoms with Gasteiger partial charge in [-0.3, -0.25) is 0 Å². The highest BCUT2D eigenvalue weighted by Crippen LogP contribution is 2.52. The van der Waals surface area contributed by atoms with Gasteiger partial charge in [-0.2, -0.15) is 0 Å². The van der Waals surface area contributed by atoms with Crippen LogP contribution in [0.25, 0.3) is 44.5 Å². The maximum absolute atomic E-state index is 5.70. The molecule has 0 atom stereocenters. The van der Waals surface area contributed by atoms with Gasteiger partial charge in [-0.15, -0.1) is 0 Å². The lowest BCUT2D eigenvalue weighted by Crippen LogP contribution is -2.14. The van der Waals surface area contributed by atoms with Gasteiger partial charge in [0.05, 0.1) is 0 Å². The van der Waals surface area contributed by atoms with Crippen molar-refractivity contribution in [2.45, 2.75) is 38.5 Å². The van der Waals surface area contributed by atoms with Gasteiger partial charge >= 0.3 is 0 Å². The summed E-state index contributed by atoms with van der Waals surface area (Å²) < 4.78 is 1.20. The van der Waals surface area contributed by atoms with Crippen molar-refractivity contribution in [2.24, 2.45) is 0 Å². The molecule has 3 heteroatoms. The molecule has 8 aromatic carbocycles. The van der Waals surface area contributed by atoms with Gasteiger partial charge in [0.25, 0.3) is 0 Å². The topological polar surface area (TPSA) is 38.0 Å². The molecule has 0 bridgehead atoms. The molecule has 8 aromatic rings. The van der Waals surface area contributed by atoms with Crippen molar-refractivity contribution in [3.63, 3.8) is 0 Å². The van der Waals surface area contributed by atoms with E-state index in [1.807, 2.05) is 36.4 Å². The average molecular weight is 804 g/mol. The third-order valence-electron chi connectivity index (χ3n) is 11.4. The zero-order valence-electron chi connectivity index (χ0n) is 32.9. The molecule has 2 aliphatic rings. The Balaban J connectivity index is 0.000000132. The molecule has 2 aliphatic carbocycles. The Morgan fingerprint density at radius 1 is 0.404 bits per heavy atom. The summed E-state index contributed by atoms with van der Waals surface area (Å²) in [6.45, 7) is 9.23. The fourth-order valence-corrected chi connectivity index (χ4v) is 9.06. The largest absolute Gasteiger partial charge is 0.399 e. The van der Waals surface area contributed by atoms with E-state index in [0.717, 1.165) is 11.4 Å². The van der Waals surface area contributed by atoms with Gasteiger partial charge in [-0.05, 0) is 92.0 Å². The number of rotatable bonds is 4. The molecular weight excluding hydrogens is 757 g/mol. The smallest absolute Gasteiger partial charge is 0.0467 e. The van der Waals surface area contributed by atoms with Crippen molar-refractivity contribution in [3.05, 3.63) is 221 Å². The summed E-state index contributed by atoms with van der Waals surface area (Å²) in [6.07, 6.45) is 0. The fourth-order valence-electron chi connectivity index (χ4n) is 8.48. The lowest BCUT2D eigenvalue weighted by atomic mass is 9.82. The van der Waals surface area contributed by atoms with Crippen LogP contribution in [0.15, 0.2) is 199 Å². The van der Waals surface area contributed by atoms with Crippen molar-refractivity contribution in [2.75, 3.05) is 11.1 Å². The first kappa shape index (κ1) is 37.7. The summed E-state index contributed by atoms with van der Waals surface area (Å²) in [4.78, 5) is 0. The van der Waals surface area contributed by atoms with Crippen LogP contribution < -0.4 is 11.1 Å². The van der Waals surface area contributed by atoms with Crippen LogP contribution in [0.2, 0.25) is 0 Å². The SMILES string of the molecule is CC1(C)c2ccccc2-c2c(Br)cccc21.CC1(C)c2ccccc2-c2c(Nc3cccc(-c4ccccc4)c3)cccc21.Nc1cccc(-c2ccccc2)c1. The van der Waals surface area contributed by atoms with Gasteiger partial charge < -0.3 is 11.1 Å². The van der Waals surface area contributed by atoms with Gasteiger partial charge in [0, 0.05) is 43.5 Å². The summed E-state index contributed by atoms with van der Waals surface area (Å²) in [5, 5.41) is 3.69. The normalized spacial score (nSPS) is 13.4. The molecule has 10 rings (SSSR count). The molecule has 0 saturated heterocycles. The van der Waals surface area contributed by atoms with Crippen LogP contribution in [0.3, 0.4) is 0 Å². The number of nitrogen functional groups attached to an aromatic ring is 1. The molecular formula is C54H47BrN2. The number of nitrogens with one attached hydrogen (secondary N) is 1. The number of fused-ring (bicyclic) bond motifs is 6. The molecule has 0 radical (unpaired) electrons. The monoisotopic (exact) mass is 802 g/mol. The quantitative estimate of drug-likeness (QED) is 0.174. The van der Waals surface area contributed by atoms with Crippen LogP contribution in [0.4, 0.5) is 17.1 Å². The maximum Gasteiger partial charge on any atom is 0.0467 e. The molecule has 0 unspecified atom stereocenters. The fraction of sp³-hybridized carbons (Fsp3) is 0.111. The van der Waals surface area contributed by atoms with Crippen molar-refractivity contribution >= 4 is 33.0 Å². The summed E-state index contributed by atoms with van der Waals surface area (Å²) in [7, 11) is 0. The highest BCUT2D eigenvalue weighted by molar-refractivity contribution is 9.10. The van der Waals surface area contributed by atoms with E-state index in [1.165, 1.54) is 76.9 Å². The van der Waals surface area contributed by atoms with Crippen LogP contribution in [0.1, 0.15) is 49.9 Å². The lowest BCUT2D eigenvalue weighted by Gasteiger charge is -2.21. The van der Waals surface area contributed by atoms with E-state index in [1.54, 1.807) is 0 Å². The van der Waals surface area contributed by atoms with E-state index in [4.69, 9.17) is 5.73 Å². The Labute approximate surface area is 346 Å². The zero-order chi connectivity index (χ0) is 39.6. The Kier molecular flexibility index (Phi) is 10.4. The maximum atomic E-state index is 5.70. The highest BCUT2D eigenvalue weighted by Gasteiger charge is 2.37. The second kappa shape index (κ2) is 15.8. The molecule has 2 nitrogen and oxygen atoms in total. The molecule has 0 aliphatic heterocycles. The number of anilines is 3. The standard InChI is InChI=1S/C27H23N.C15H13Br.C12H11N/c1-27(2)23-15-7-6-14-22(23)26-24(27)16-9-17-25(26)28-21-13-8-12-20(18-21)19-10-4-3-5-11-19;1-15(2)11-7-4-3-6-10(11)14-12(15)8-5-9-13(14)16;13-12-8-4-7-11(9-12)10-5-2-1-3-6-10/h3-18,28H,1-2H3;3-9H,1-2H3;1-9H,13H2. The van der Waals surface area contributed by atoms with Crippen LogP contribution in [-0.4, -0.2) is 0 Å². The van der Waals surface area contributed by atoms with Gasteiger partial charge in [-0.1, -0.05) is 201 Å². The van der Waals surface area contributed by atoms with E-state index < -0.39 is 0 Å². The number of hydrogen-bond donors (Lipinski definition) is 2. The van der Waals surface area contributed by atoms with Crippen molar-refractivity contribution in [1.82, 2.24) is 0 Å². The first-order valence-electron chi connectivity index (χ1n) is 19.6. The van der Waals surface area contributed by atoms with Crippen LogP contribution in [0.5, 0.6) is 0 Å². The van der Waals surface area contributed by atoms with Crippen LogP contribution in [0, 0.1) is 0 Å². The first-order valence-corrected chi connectivity index (χ1v) is 20.4. The van der Waals surface area contributed by atoms with E-state index >= 15 is 0 Å². The summed E-state index contributed by atoms with van der Waals surface area (Å²) >= 11 is 3.67. The van der Waals surface area contributed by atoms with Gasteiger partial charge in [-0.25, -0.2) is 0 Å². The summed E-state index contributed by atoms with van der Waals surface area (Å²) in [5.41, 5.74) is 24.8. The van der Waals surface area contributed by atoms with E-state index in [-0.39, 0.29) is 10.8 Å². The number of halogens is 1. The molecule has 0 amide bonds. The summed E-state index contributed by atoms with van der Waals surface area (Å²) in [6, 6.07) is 67.9. The van der Waals surface area contributed by atoms with Gasteiger partial charge in [0.1, 0.15) is 0 Å². The Bertz CT molecular complexity index is 2680. The number of hydrogen-bond acceptors (Lipinski definition) is 2. The Morgan fingerprint density at radius 2 is 0.842 bits per heavy atom. The molecule has 3 N–H and O–H groups in total. The van der Waals surface area contributed by atoms with E-state index in [9.17, 15) is 0 Å². The molecule has 0 saturated carbocycles. The van der Waals surface area contributed by atoms with E-state index in [2.05, 4.69) is 207 Å². The predicted octanol–water partition coefficient (Wildman–Crippen LogP) is 15.1. The van der Waals surface area contributed by atoms with Crippen LogP contribution in [-0.2, 0) is 10.8 Å². The second-order valence-electron chi connectivity index (χ2n) is 15.8. The molecule has 0 heterocycles. The Morgan fingerprint density at radius 3 is 1.44 bits per heavy atom. The molecule has 57 heavy (non-hydrogen) atoms. The summed E-state index contributed by atoms with van der Waals surface area (Å²) in [5.74, 6) is 0. The van der Waals surface area contributed by atoms with Gasteiger partial charge in [0.15, 0.2) is 0 Å². The Hall–Kier alpha value is -6.16. The molecule has 0 fully saturated rings. The third kappa shape index (κ3) is 7.44.